The second-order valence-electron chi connectivity index (χ2n) is 4.85. The van der Waals surface area contributed by atoms with Crippen molar-refractivity contribution in [3.63, 3.8) is 0 Å². The minimum atomic E-state index is -3.04. The van der Waals surface area contributed by atoms with Gasteiger partial charge in [-0.1, -0.05) is 30.3 Å². The molecule has 2 atom stereocenters. The van der Waals surface area contributed by atoms with E-state index in [1.807, 2.05) is 6.07 Å². The molecule has 6 heteroatoms. The summed E-state index contributed by atoms with van der Waals surface area (Å²) in [5, 5.41) is 9.44. The summed E-state index contributed by atoms with van der Waals surface area (Å²) in [5.41, 5.74) is 0.682. The van der Waals surface area contributed by atoms with Crippen molar-refractivity contribution >= 4 is 15.8 Å². The zero-order valence-electron chi connectivity index (χ0n) is 10.7. The molecule has 1 aromatic rings. The van der Waals surface area contributed by atoms with Gasteiger partial charge in [0.15, 0.2) is 9.84 Å². The van der Waals surface area contributed by atoms with Crippen LogP contribution in [0.25, 0.3) is 0 Å². The van der Waals surface area contributed by atoms with Crippen LogP contribution in [0.4, 0.5) is 0 Å². The Bertz CT molecular complexity index is 555. The lowest BCUT2D eigenvalue weighted by Crippen LogP contribution is -2.50. The van der Waals surface area contributed by atoms with Crippen LogP contribution < -0.4 is 0 Å². The normalized spacial score (nSPS) is 24.8. The van der Waals surface area contributed by atoms with Gasteiger partial charge in [-0.3, -0.25) is 9.69 Å². The first-order valence-corrected chi connectivity index (χ1v) is 7.97. The minimum Gasteiger partial charge on any atom is -0.480 e. The van der Waals surface area contributed by atoms with Gasteiger partial charge in [0.2, 0.25) is 0 Å². The second kappa shape index (κ2) is 5.30. The van der Waals surface area contributed by atoms with E-state index in [1.165, 1.54) is 0 Å². The topological polar surface area (TPSA) is 74.7 Å². The Kier molecular flexibility index (Phi) is 3.91. The quantitative estimate of drug-likeness (QED) is 0.893. The SMILES string of the molecule is CC1CS(=O)(=O)CCN1C(C(=O)O)c1ccccc1. The third kappa shape index (κ3) is 3.13. The van der Waals surface area contributed by atoms with E-state index in [-0.39, 0.29) is 24.1 Å². The molecule has 0 bridgehead atoms. The summed E-state index contributed by atoms with van der Waals surface area (Å²) < 4.78 is 23.1. The summed E-state index contributed by atoms with van der Waals surface area (Å²) in [6, 6.07) is 7.84. The fraction of sp³-hybridized carbons (Fsp3) is 0.462. The van der Waals surface area contributed by atoms with Gasteiger partial charge in [0.1, 0.15) is 6.04 Å². The van der Waals surface area contributed by atoms with Crippen molar-refractivity contribution in [1.29, 1.82) is 0 Å². The number of carboxylic acids is 1. The number of nitrogens with zero attached hydrogens (tertiary/aromatic N) is 1. The molecule has 104 valence electrons. The molecule has 0 aliphatic carbocycles. The predicted molar refractivity (Wildman–Crippen MR) is 71.6 cm³/mol. The molecule has 5 nitrogen and oxygen atoms in total. The van der Waals surface area contributed by atoms with Gasteiger partial charge in [0.25, 0.3) is 0 Å². The Morgan fingerprint density at radius 1 is 1.37 bits per heavy atom. The highest BCUT2D eigenvalue weighted by atomic mass is 32.2. The lowest BCUT2D eigenvalue weighted by molar-refractivity contribution is -0.144. The largest absolute Gasteiger partial charge is 0.480 e. The number of sulfone groups is 1. The number of aliphatic carboxylic acids is 1. The first-order chi connectivity index (χ1) is 8.91. The number of rotatable bonds is 3. The summed E-state index contributed by atoms with van der Waals surface area (Å²) >= 11 is 0. The van der Waals surface area contributed by atoms with Crippen LogP contribution >= 0.6 is 0 Å². The van der Waals surface area contributed by atoms with E-state index in [0.29, 0.717) is 5.56 Å². The molecule has 1 aromatic carbocycles. The Morgan fingerprint density at radius 2 is 2.00 bits per heavy atom. The van der Waals surface area contributed by atoms with Crippen LogP contribution in [-0.2, 0) is 14.6 Å². The van der Waals surface area contributed by atoms with E-state index < -0.39 is 21.8 Å². The van der Waals surface area contributed by atoms with Crippen molar-refractivity contribution in [3.05, 3.63) is 35.9 Å². The average molecular weight is 283 g/mol. The molecule has 1 saturated heterocycles. The number of carboxylic acid groups (broad SMARTS) is 1. The van der Waals surface area contributed by atoms with Gasteiger partial charge >= 0.3 is 5.97 Å². The van der Waals surface area contributed by atoms with E-state index in [2.05, 4.69) is 0 Å². The van der Waals surface area contributed by atoms with E-state index >= 15 is 0 Å². The first kappa shape index (κ1) is 14.0. The molecule has 1 fully saturated rings. The van der Waals surface area contributed by atoms with Gasteiger partial charge in [-0.25, -0.2) is 8.42 Å². The van der Waals surface area contributed by atoms with Crippen LogP contribution in [0.1, 0.15) is 18.5 Å². The van der Waals surface area contributed by atoms with Crippen LogP contribution in [0.15, 0.2) is 30.3 Å². The molecule has 0 saturated carbocycles. The standard InChI is InChI=1S/C13H17NO4S/c1-10-9-19(17,18)8-7-14(10)12(13(15)16)11-5-3-2-4-6-11/h2-6,10,12H,7-9H2,1H3,(H,15,16). The van der Waals surface area contributed by atoms with Gasteiger partial charge in [-0.2, -0.15) is 0 Å². The van der Waals surface area contributed by atoms with Crippen molar-refractivity contribution in [2.75, 3.05) is 18.1 Å². The fourth-order valence-corrected chi connectivity index (χ4v) is 4.09. The molecule has 1 heterocycles. The number of hydrogen-bond donors (Lipinski definition) is 1. The van der Waals surface area contributed by atoms with Gasteiger partial charge in [-0.15, -0.1) is 0 Å². The minimum absolute atomic E-state index is 0.0175. The highest BCUT2D eigenvalue weighted by Gasteiger charge is 2.36. The molecule has 2 rings (SSSR count). The maximum absolute atomic E-state index is 11.6. The fourth-order valence-electron chi connectivity index (χ4n) is 2.51. The molecule has 1 N–H and O–H groups in total. The summed E-state index contributed by atoms with van der Waals surface area (Å²) in [4.78, 5) is 13.3. The molecule has 0 amide bonds. The Hall–Kier alpha value is -1.40. The molecule has 0 radical (unpaired) electrons. The molecule has 0 aromatic heterocycles. The van der Waals surface area contributed by atoms with Crippen LogP contribution in [0.2, 0.25) is 0 Å². The van der Waals surface area contributed by atoms with E-state index in [1.54, 1.807) is 36.1 Å². The summed E-state index contributed by atoms with van der Waals surface area (Å²) in [5.74, 6) is -0.908. The highest BCUT2D eigenvalue weighted by Crippen LogP contribution is 2.26. The molecule has 1 aliphatic rings. The van der Waals surface area contributed by atoms with Gasteiger partial charge < -0.3 is 5.11 Å². The zero-order chi connectivity index (χ0) is 14.0. The maximum atomic E-state index is 11.6. The third-order valence-corrected chi connectivity index (χ3v) is 5.20. The predicted octanol–water partition coefficient (Wildman–Crippen LogP) is 0.931. The Morgan fingerprint density at radius 3 is 2.53 bits per heavy atom. The van der Waals surface area contributed by atoms with Crippen molar-refractivity contribution < 1.29 is 18.3 Å². The first-order valence-electron chi connectivity index (χ1n) is 6.14. The van der Waals surface area contributed by atoms with E-state index in [9.17, 15) is 18.3 Å². The van der Waals surface area contributed by atoms with Crippen LogP contribution in [-0.4, -0.2) is 48.5 Å². The van der Waals surface area contributed by atoms with E-state index in [0.717, 1.165) is 0 Å². The van der Waals surface area contributed by atoms with Crippen LogP contribution in [0.5, 0.6) is 0 Å². The molecule has 1 aliphatic heterocycles. The maximum Gasteiger partial charge on any atom is 0.325 e. The third-order valence-electron chi connectivity index (χ3n) is 3.40. The molecular formula is C13H17NO4S. The number of benzene rings is 1. The molecule has 2 unspecified atom stereocenters. The van der Waals surface area contributed by atoms with Crippen LogP contribution in [0.3, 0.4) is 0 Å². The number of carbonyl (C=O) groups is 1. The molecule has 0 spiro atoms. The smallest absolute Gasteiger partial charge is 0.325 e. The summed E-state index contributed by atoms with van der Waals surface area (Å²) in [6.07, 6.45) is 0. The Labute approximate surface area is 112 Å². The zero-order valence-corrected chi connectivity index (χ0v) is 11.5. The monoisotopic (exact) mass is 283 g/mol. The lowest BCUT2D eigenvalue weighted by Gasteiger charge is -2.37. The van der Waals surface area contributed by atoms with Crippen molar-refractivity contribution in [2.45, 2.75) is 19.0 Å². The molecule has 19 heavy (non-hydrogen) atoms. The number of hydrogen-bond acceptors (Lipinski definition) is 4. The highest BCUT2D eigenvalue weighted by molar-refractivity contribution is 7.91. The van der Waals surface area contributed by atoms with Crippen molar-refractivity contribution in [3.8, 4) is 0 Å². The Balaban J connectivity index is 2.29. The lowest BCUT2D eigenvalue weighted by atomic mass is 10.0. The average Bonchev–Trinajstić information content (AvgIpc) is 2.33. The van der Waals surface area contributed by atoms with Gasteiger partial charge in [-0.05, 0) is 12.5 Å². The van der Waals surface area contributed by atoms with Gasteiger partial charge in [0.05, 0.1) is 11.5 Å². The van der Waals surface area contributed by atoms with Crippen LogP contribution in [0, 0.1) is 0 Å². The van der Waals surface area contributed by atoms with Crippen molar-refractivity contribution in [1.82, 2.24) is 4.90 Å². The van der Waals surface area contributed by atoms with E-state index in [4.69, 9.17) is 0 Å². The summed E-state index contributed by atoms with van der Waals surface area (Å²) in [7, 11) is -3.04. The molecular weight excluding hydrogens is 266 g/mol. The summed E-state index contributed by atoms with van der Waals surface area (Å²) in [6.45, 7) is 2.02. The van der Waals surface area contributed by atoms with Crippen molar-refractivity contribution in [2.24, 2.45) is 0 Å². The second-order valence-corrected chi connectivity index (χ2v) is 7.08. The van der Waals surface area contributed by atoms with Gasteiger partial charge in [0, 0.05) is 12.6 Å².